The third-order valence-electron chi connectivity index (χ3n) is 3.55. The van der Waals surface area contributed by atoms with Crippen LogP contribution in [0.2, 0.25) is 0 Å². The minimum Gasteiger partial charge on any atom is -0.326 e. The zero-order valence-electron chi connectivity index (χ0n) is 12.6. The monoisotopic (exact) mass is 369 g/mol. The van der Waals surface area contributed by atoms with Crippen molar-refractivity contribution in [3.05, 3.63) is 86.2 Å². The third-order valence-corrected chi connectivity index (χ3v) is 4.08. The van der Waals surface area contributed by atoms with E-state index >= 15 is 0 Å². The lowest BCUT2D eigenvalue weighted by Crippen LogP contribution is -2.18. The molecule has 0 bridgehead atoms. The second-order valence-electron chi connectivity index (χ2n) is 5.27. The summed E-state index contributed by atoms with van der Waals surface area (Å²) in [5.74, 6) is 0.451. The Balaban J connectivity index is 1.85. The summed E-state index contributed by atoms with van der Waals surface area (Å²) in [6, 6.07) is 17.6. The predicted molar refractivity (Wildman–Crippen MR) is 96.3 cm³/mol. The van der Waals surface area contributed by atoms with Gasteiger partial charge in [0.15, 0.2) is 0 Å². The van der Waals surface area contributed by atoms with Crippen LogP contribution in [-0.4, -0.2) is 9.97 Å². The number of aryl methyl sites for hydroxylation is 1. The second-order valence-corrected chi connectivity index (χ2v) is 6.19. The van der Waals surface area contributed by atoms with Crippen molar-refractivity contribution >= 4 is 27.6 Å². The zero-order valence-corrected chi connectivity index (χ0v) is 14.2. The molecule has 2 N–H and O–H groups in total. The van der Waals surface area contributed by atoms with Crippen LogP contribution in [0.1, 0.15) is 16.8 Å². The molecule has 3 rings (SSSR count). The highest BCUT2D eigenvalue weighted by atomic mass is 79.9. The average Bonchev–Trinajstić information content (AvgIpc) is 2.54. The van der Waals surface area contributed by atoms with Crippen molar-refractivity contribution in [1.82, 2.24) is 9.97 Å². The lowest BCUT2D eigenvalue weighted by atomic mass is 10.1. The first kappa shape index (κ1) is 15.5. The molecule has 23 heavy (non-hydrogen) atoms. The van der Waals surface area contributed by atoms with E-state index in [2.05, 4.69) is 31.2 Å². The lowest BCUT2D eigenvalue weighted by Gasteiger charge is -2.09. The Bertz CT molecular complexity index is 858. The van der Waals surface area contributed by atoms with Gasteiger partial charge < -0.3 is 5.32 Å². The van der Waals surface area contributed by atoms with Crippen molar-refractivity contribution < 1.29 is 0 Å². The number of benzene rings is 2. The fraction of sp³-hybridized carbons (Fsp3) is 0.111. The summed E-state index contributed by atoms with van der Waals surface area (Å²) in [4.78, 5) is 19.6. The number of nitrogens with zero attached hydrogens (tertiary/aromatic N) is 1. The minimum absolute atomic E-state index is 0.110. The molecule has 0 aliphatic heterocycles. The molecule has 0 atom stereocenters. The van der Waals surface area contributed by atoms with Crippen molar-refractivity contribution in [3.8, 4) is 0 Å². The average molecular weight is 370 g/mol. The maximum Gasteiger partial charge on any atom is 0.256 e. The smallest absolute Gasteiger partial charge is 0.256 e. The van der Waals surface area contributed by atoms with Crippen LogP contribution in [0.3, 0.4) is 0 Å². The lowest BCUT2D eigenvalue weighted by molar-refractivity contribution is 0.986. The molecule has 0 radical (unpaired) electrons. The highest BCUT2D eigenvalue weighted by Gasteiger charge is 2.09. The van der Waals surface area contributed by atoms with Crippen LogP contribution in [0, 0.1) is 6.92 Å². The van der Waals surface area contributed by atoms with Gasteiger partial charge >= 0.3 is 0 Å². The van der Waals surface area contributed by atoms with Crippen LogP contribution in [0.15, 0.2) is 63.9 Å². The van der Waals surface area contributed by atoms with Crippen LogP contribution >= 0.6 is 15.9 Å². The van der Waals surface area contributed by atoms with E-state index in [0.717, 1.165) is 21.4 Å². The van der Waals surface area contributed by atoms with Crippen LogP contribution in [0.25, 0.3) is 0 Å². The van der Waals surface area contributed by atoms with E-state index in [-0.39, 0.29) is 5.56 Å². The predicted octanol–water partition coefficient (Wildman–Crippen LogP) is 4.18. The Morgan fingerprint density at radius 3 is 2.43 bits per heavy atom. The molecule has 1 aromatic heterocycles. The van der Waals surface area contributed by atoms with Crippen molar-refractivity contribution in [3.63, 3.8) is 0 Å². The summed E-state index contributed by atoms with van der Waals surface area (Å²) in [5.41, 5.74) is 3.28. The van der Waals surface area contributed by atoms with Gasteiger partial charge in [-0.05, 0) is 36.8 Å². The van der Waals surface area contributed by atoms with Gasteiger partial charge in [0.1, 0.15) is 0 Å². The SMILES string of the molecule is Cc1nc(Nc2ccc(Br)cc2)[nH]c(=O)c1Cc1ccccc1. The molecule has 0 spiro atoms. The number of halogens is 1. The quantitative estimate of drug-likeness (QED) is 0.725. The van der Waals surface area contributed by atoms with E-state index in [1.54, 1.807) is 0 Å². The number of hydrogen-bond acceptors (Lipinski definition) is 3. The summed E-state index contributed by atoms with van der Waals surface area (Å²) >= 11 is 3.39. The fourth-order valence-electron chi connectivity index (χ4n) is 2.35. The van der Waals surface area contributed by atoms with Gasteiger partial charge in [-0.25, -0.2) is 4.98 Å². The van der Waals surface area contributed by atoms with E-state index in [4.69, 9.17) is 0 Å². The molecule has 1 heterocycles. The van der Waals surface area contributed by atoms with Crippen molar-refractivity contribution in [2.24, 2.45) is 0 Å². The zero-order chi connectivity index (χ0) is 16.2. The molecule has 0 aliphatic carbocycles. The molecule has 5 heteroatoms. The molecule has 4 nitrogen and oxygen atoms in total. The standard InChI is InChI=1S/C18H16BrN3O/c1-12-16(11-13-5-3-2-4-6-13)17(23)22-18(20-12)21-15-9-7-14(19)8-10-15/h2-10H,11H2,1H3,(H2,20,21,22,23). The Morgan fingerprint density at radius 1 is 1.09 bits per heavy atom. The number of aromatic amines is 1. The largest absolute Gasteiger partial charge is 0.326 e. The molecule has 0 saturated heterocycles. The summed E-state index contributed by atoms with van der Waals surface area (Å²) < 4.78 is 0.999. The summed E-state index contributed by atoms with van der Waals surface area (Å²) in [7, 11) is 0. The molecular weight excluding hydrogens is 354 g/mol. The van der Waals surface area contributed by atoms with Gasteiger partial charge in [-0.1, -0.05) is 46.3 Å². The Kier molecular flexibility index (Phi) is 4.57. The van der Waals surface area contributed by atoms with E-state index in [1.807, 2.05) is 61.5 Å². The number of H-pyrrole nitrogens is 1. The highest BCUT2D eigenvalue weighted by molar-refractivity contribution is 9.10. The van der Waals surface area contributed by atoms with E-state index in [9.17, 15) is 4.79 Å². The first-order chi connectivity index (χ1) is 11.1. The Hall–Kier alpha value is -2.40. The summed E-state index contributed by atoms with van der Waals surface area (Å²) in [5, 5.41) is 3.12. The van der Waals surface area contributed by atoms with Crippen LogP contribution in [-0.2, 0) is 6.42 Å². The number of hydrogen-bond donors (Lipinski definition) is 2. The van der Waals surface area contributed by atoms with Gasteiger partial charge in [0.2, 0.25) is 5.95 Å². The second kappa shape index (κ2) is 6.79. The van der Waals surface area contributed by atoms with Crippen LogP contribution in [0.5, 0.6) is 0 Å². The number of anilines is 2. The van der Waals surface area contributed by atoms with E-state index in [0.29, 0.717) is 17.9 Å². The first-order valence-corrected chi connectivity index (χ1v) is 8.07. The molecular formula is C18H16BrN3O. The normalized spacial score (nSPS) is 10.5. The summed E-state index contributed by atoms with van der Waals surface area (Å²) in [6.45, 7) is 1.86. The molecule has 0 aliphatic rings. The minimum atomic E-state index is -0.110. The molecule has 0 fully saturated rings. The maximum absolute atomic E-state index is 12.4. The number of rotatable bonds is 4. The van der Waals surface area contributed by atoms with Gasteiger partial charge in [0.25, 0.3) is 5.56 Å². The molecule has 0 saturated carbocycles. The van der Waals surface area contributed by atoms with Crippen LogP contribution in [0.4, 0.5) is 11.6 Å². The maximum atomic E-state index is 12.4. The van der Waals surface area contributed by atoms with Crippen molar-refractivity contribution in [2.75, 3.05) is 5.32 Å². The van der Waals surface area contributed by atoms with Gasteiger partial charge in [-0.3, -0.25) is 9.78 Å². The third kappa shape index (κ3) is 3.87. The summed E-state index contributed by atoms with van der Waals surface area (Å²) in [6.07, 6.45) is 0.577. The number of nitrogens with one attached hydrogen (secondary N) is 2. The fourth-order valence-corrected chi connectivity index (χ4v) is 2.61. The Labute approximate surface area is 142 Å². The van der Waals surface area contributed by atoms with Crippen LogP contribution < -0.4 is 10.9 Å². The van der Waals surface area contributed by atoms with Gasteiger partial charge in [0.05, 0.1) is 5.69 Å². The Morgan fingerprint density at radius 2 is 1.78 bits per heavy atom. The van der Waals surface area contributed by atoms with Crippen molar-refractivity contribution in [1.29, 1.82) is 0 Å². The van der Waals surface area contributed by atoms with Gasteiger partial charge in [-0.2, -0.15) is 0 Å². The number of aromatic nitrogens is 2. The molecule has 116 valence electrons. The molecule has 2 aromatic carbocycles. The molecule has 3 aromatic rings. The van der Waals surface area contributed by atoms with Gasteiger partial charge in [0, 0.05) is 22.1 Å². The van der Waals surface area contributed by atoms with Crippen molar-refractivity contribution in [2.45, 2.75) is 13.3 Å². The molecule has 0 amide bonds. The topological polar surface area (TPSA) is 57.8 Å². The van der Waals surface area contributed by atoms with Gasteiger partial charge in [-0.15, -0.1) is 0 Å². The van der Waals surface area contributed by atoms with E-state index < -0.39 is 0 Å². The first-order valence-electron chi connectivity index (χ1n) is 7.28. The highest BCUT2D eigenvalue weighted by Crippen LogP contribution is 2.17. The van der Waals surface area contributed by atoms with E-state index in [1.165, 1.54) is 0 Å². The molecule has 0 unspecified atom stereocenters.